The van der Waals surface area contributed by atoms with Gasteiger partial charge in [-0.3, -0.25) is 9.59 Å². The molecule has 0 N–H and O–H groups in total. The standard InChI is InChI=1S/C8H3ClN2O2/c9-4-1-2-5-6(3-4)11-8(13)7(12)10-5/h1-3H. The van der Waals surface area contributed by atoms with E-state index in [1.165, 1.54) is 6.07 Å². The highest BCUT2D eigenvalue weighted by Crippen LogP contribution is 2.00. The third-order valence-electron chi connectivity index (χ3n) is 1.56. The van der Waals surface area contributed by atoms with Crippen molar-refractivity contribution in [2.24, 2.45) is 9.98 Å². The molecule has 0 bridgehead atoms. The maximum atomic E-state index is 10.8. The van der Waals surface area contributed by atoms with Crippen molar-refractivity contribution in [3.05, 3.63) is 33.9 Å². The van der Waals surface area contributed by atoms with Gasteiger partial charge in [0, 0.05) is 5.02 Å². The molecule has 64 valence electrons. The summed E-state index contributed by atoms with van der Waals surface area (Å²) in [4.78, 5) is 28.7. The summed E-state index contributed by atoms with van der Waals surface area (Å²) in [5.74, 6) is -1.69. The second kappa shape index (κ2) is 2.74. The molecular formula is C8H3ClN2O2. The molecule has 0 aliphatic carbocycles. The van der Waals surface area contributed by atoms with E-state index >= 15 is 0 Å². The largest absolute Gasteiger partial charge is 0.338 e. The Morgan fingerprint density at radius 1 is 1.00 bits per heavy atom. The van der Waals surface area contributed by atoms with Crippen molar-refractivity contribution >= 4 is 23.4 Å². The molecule has 1 aliphatic rings. The molecule has 13 heavy (non-hydrogen) atoms. The molecule has 0 saturated heterocycles. The van der Waals surface area contributed by atoms with Gasteiger partial charge in [0.2, 0.25) is 0 Å². The molecule has 0 saturated carbocycles. The number of rotatable bonds is 0. The van der Waals surface area contributed by atoms with Crippen LogP contribution in [0, 0.1) is 0 Å². The van der Waals surface area contributed by atoms with Gasteiger partial charge < -0.3 is 0 Å². The zero-order chi connectivity index (χ0) is 9.42. The van der Waals surface area contributed by atoms with Crippen LogP contribution in [-0.2, 0) is 9.59 Å². The molecule has 0 atom stereocenters. The first-order valence-electron chi connectivity index (χ1n) is 3.48. The minimum atomic E-state index is -0.852. The van der Waals surface area contributed by atoms with Crippen LogP contribution in [0.2, 0.25) is 5.02 Å². The van der Waals surface area contributed by atoms with Gasteiger partial charge >= 0.3 is 11.8 Å². The molecule has 1 aromatic carbocycles. The Morgan fingerprint density at radius 3 is 2.31 bits per heavy atom. The summed E-state index contributed by atoms with van der Waals surface area (Å²) in [6.07, 6.45) is 0. The van der Waals surface area contributed by atoms with E-state index in [-0.39, 0.29) is 0 Å². The fourth-order valence-electron chi connectivity index (χ4n) is 0.995. The van der Waals surface area contributed by atoms with Crippen molar-refractivity contribution in [2.45, 2.75) is 0 Å². The summed E-state index contributed by atoms with van der Waals surface area (Å²) in [6.45, 7) is 0. The van der Waals surface area contributed by atoms with Gasteiger partial charge in [-0.2, -0.15) is 0 Å². The molecule has 5 heteroatoms. The summed E-state index contributed by atoms with van der Waals surface area (Å²) in [7, 11) is 0. The Balaban J connectivity index is 2.85. The first-order valence-corrected chi connectivity index (χ1v) is 3.86. The van der Waals surface area contributed by atoms with E-state index in [9.17, 15) is 9.59 Å². The van der Waals surface area contributed by atoms with E-state index in [4.69, 9.17) is 11.6 Å². The molecular weight excluding hydrogens is 192 g/mol. The Kier molecular flexibility index (Phi) is 1.70. The van der Waals surface area contributed by atoms with Crippen LogP contribution in [0.25, 0.3) is 0 Å². The summed E-state index contributed by atoms with van der Waals surface area (Å²) < 4.78 is 0. The minimum absolute atomic E-state index is 0.345. The lowest BCUT2D eigenvalue weighted by Crippen LogP contribution is -2.34. The number of halogens is 1. The van der Waals surface area contributed by atoms with Crippen LogP contribution in [0.15, 0.2) is 28.2 Å². The molecule has 0 unspecified atom stereocenters. The molecule has 1 aromatic rings. The van der Waals surface area contributed by atoms with Gasteiger partial charge in [-0.05, 0) is 18.2 Å². The van der Waals surface area contributed by atoms with Crippen LogP contribution >= 0.6 is 11.6 Å². The third kappa shape index (κ3) is 1.36. The Morgan fingerprint density at radius 2 is 1.62 bits per heavy atom. The number of fused-ring (bicyclic) bond motifs is 1. The number of amides is 2. The van der Waals surface area contributed by atoms with Gasteiger partial charge in [0.1, 0.15) is 0 Å². The van der Waals surface area contributed by atoms with Crippen molar-refractivity contribution in [1.82, 2.24) is 0 Å². The minimum Gasteiger partial charge on any atom is -0.261 e. The van der Waals surface area contributed by atoms with Crippen molar-refractivity contribution < 1.29 is 9.59 Å². The lowest BCUT2D eigenvalue weighted by molar-refractivity contribution is -0.135. The highest BCUT2D eigenvalue weighted by molar-refractivity contribution is 6.36. The number of carbonyl (C=O) groups excluding carboxylic acids is 2. The number of carbonyl (C=O) groups is 2. The zero-order valence-electron chi connectivity index (χ0n) is 6.32. The molecule has 1 heterocycles. The normalized spacial score (nSPS) is 14.5. The van der Waals surface area contributed by atoms with E-state index in [2.05, 4.69) is 9.98 Å². The highest BCUT2D eigenvalue weighted by Gasteiger charge is 2.14. The van der Waals surface area contributed by atoms with E-state index < -0.39 is 11.8 Å². The van der Waals surface area contributed by atoms with Gasteiger partial charge in [-0.15, -0.1) is 0 Å². The predicted octanol–water partition coefficient (Wildman–Crippen LogP) is -0.354. The fraction of sp³-hybridized carbons (Fsp3) is 0. The SMILES string of the molecule is O=C1N=c2ccc(Cl)cc2=NC1=O. The van der Waals surface area contributed by atoms with E-state index in [0.29, 0.717) is 15.7 Å². The maximum absolute atomic E-state index is 10.8. The van der Waals surface area contributed by atoms with Gasteiger partial charge in [0.25, 0.3) is 0 Å². The van der Waals surface area contributed by atoms with E-state index in [1.54, 1.807) is 12.1 Å². The Bertz CT molecular complexity index is 521. The first-order chi connectivity index (χ1) is 6.16. The Labute approximate surface area is 77.6 Å². The Hall–Kier alpha value is -1.55. The van der Waals surface area contributed by atoms with Gasteiger partial charge in [-0.1, -0.05) is 11.6 Å². The molecule has 2 amide bonds. The molecule has 2 rings (SSSR count). The van der Waals surface area contributed by atoms with Gasteiger partial charge in [-0.25, -0.2) is 9.98 Å². The van der Waals surface area contributed by atoms with Crippen LogP contribution in [0.3, 0.4) is 0 Å². The number of nitrogens with zero attached hydrogens (tertiary/aromatic N) is 2. The summed E-state index contributed by atoms with van der Waals surface area (Å²) in [5.41, 5.74) is 0. The summed E-state index contributed by atoms with van der Waals surface area (Å²) in [5, 5.41) is 1.19. The topological polar surface area (TPSA) is 58.9 Å². The maximum Gasteiger partial charge on any atom is 0.338 e. The molecule has 0 fully saturated rings. The summed E-state index contributed by atoms with van der Waals surface area (Å²) >= 11 is 5.66. The zero-order valence-corrected chi connectivity index (χ0v) is 7.08. The lowest BCUT2D eigenvalue weighted by atomic mass is 10.3. The number of benzene rings is 1. The van der Waals surface area contributed by atoms with Crippen LogP contribution in [0.5, 0.6) is 0 Å². The van der Waals surface area contributed by atoms with Crippen LogP contribution in [-0.4, -0.2) is 11.8 Å². The quantitative estimate of drug-likeness (QED) is 0.530. The molecule has 0 aromatic heterocycles. The average Bonchev–Trinajstić information content (AvgIpc) is 2.08. The van der Waals surface area contributed by atoms with E-state index in [0.717, 1.165) is 0 Å². The second-order valence-electron chi connectivity index (χ2n) is 2.47. The average molecular weight is 195 g/mol. The van der Waals surface area contributed by atoms with Crippen LogP contribution < -0.4 is 10.7 Å². The summed E-state index contributed by atoms with van der Waals surface area (Å²) in [6, 6.07) is 4.62. The van der Waals surface area contributed by atoms with Crippen molar-refractivity contribution in [1.29, 1.82) is 0 Å². The van der Waals surface area contributed by atoms with Crippen molar-refractivity contribution in [2.75, 3.05) is 0 Å². The van der Waals surface area contributed by atoms with Crippen LogP contribution in [0.1, 0.15) is 0 Å². The number of hydrogen-bond acceptors (Lipinski definition) is 2. The van der Waals surface area contributed by atoms with E-state index in [1.807, 2.05) is 0 Å². The molecule has 4 nitrogen and oxygen atoms in total. The predicted molar refractivity (Wildman–Crippen MR) is 43.8 cm³/mol. The molecule has 0 spiro atoms. The highest BCUT2D eigenvalue weighted by atomic mass is 35.5. The smallest absolute Gasteiger partial charge is 0.261 e. The molecule has 1 aliphatic heterocycles. The van der Waals surface area contributed by atoms with Crippen molar-refractivity contribution in [3.8, 4) is 0 Å². The van der Waals surface area contributed by atoms with Gasteiger partial charge in [0.05, 0.1) is 10.7 Å². The third-order valence-corrected chi connectivity index (χ3v) is 1.80. The van der Waals surface area contributed by atoms with Crippen molar-refractivity contribution in [3.63, 3.8) is 0 Å². The lowest BCUT2D eigenvalue weighted by Gasteiger charge is -1.96. The van der Waals surface area contributed by atoms with Crippen LogP contribution in [0.4, 0.5) is 0 Å². The monoisotopic (exact) mass is 194 g/mol. The number of hydrogen-bond donors (Lipinski definition) is 0. The second-order valence-corrected chi connectivity index (χ2v) is 2.90. The molecule has 0 radical (unpaired) electrons. The van der Waals surface area contributed by atoms with Gasteiger partial charge in [0.15, 0.2) is 0 Å². The first kappa shape index (κ1) is 8.07. The fourth-order valence-corrected chi connectivity index (χ4v) is 1.16.